The zero-order valence-corrected chi connectivity index (χ0v) is 21.2. The number of anilines is 2. The van der Waals surface area contributed by atoms with Crippen LogP contribution in [-0.2, 0) is 4.74 Å². The van der Waals surface area contributed by atoms with Gasteiger partial charge in [-0.05, 0) is 78.9 Å². The Hall–Kier alpha value is -3.39. The van der Waals surface area contributed by atoms with Crippen LogP contribution in [0.2, 0.25) is 5.02 Å². The zero-order valence-electron chi connectivity index (χ0n) is 19.6. The quantitative estimate of drug-likeness (QED) is 0.352. The van der Waals surface area contributed by atoms with Crippen LogP contribution in [0, 0.1) is 0 Å². The molecule has 2 aliphatic rings. The second-order valence-electron chi connectivity index (χ2n) is 8.90. The van der Waals surface area contributed by atoms with Gasteiger partial charge in [0.1, 0.15) is 6.04 Å². The van der Waals surface area contributed by atoms with Crippen LogP contribution >= 0.6 is 23.8 Å². The number of aromatic nitrogens is 2. The first-order valence-electron chi connectivity index (χ1n) is 12.1. The van der Waals surface area contributed by atoms with E-state index < -0.39 is 0 Å². The second-order valence-corrected chi connectivity index (χ2v) is 9.72. The predicted octanol–water partition coefficient (Wildman–Crippen LogP) is 5.54. The molecule has 182 valence electrons. The lowest BCUT2D eigenvalue weighted by molar-refractivity contribution is 0.122. The normalized spacial score (nSPS) is 20.0. The summed E-state index contributed by atoms with van der Waals surface area (Å²) in [5, 5.41) is 4.93. The van der Waals surface area contributed by atoms with Crippen molar-refractivity contribution in [3.8, 4) is 5.69 Å². The average molecular weight is 516 g/mol. The average Bonchev–Trinajstić information content (AvgIpc) is 3.54. The molecule has 2 fully saturated rings. The van der Waals surface area contributed by atoms with Crippen molar-refractivity contribution in [2.45, 2.75) is 12.1 Å². The summed E-state index contributed by atoms with van der Waals surface area (Å²) in [6.45, 7) is 3.33. The van der Waals surface area contributed by atoms with Gasteiger partial charge in [-0.25, -0.2) is 0 Å². The number of halogens is 1. The first-order valence-corrected chi connectivity index (χ1v) is 12.8. The Morgan fingerprint density at radius 1 is 0.889 bits per heavy atom. The summed E-state index contributed by atoms with van der Waals surface area (Å²) in [5.41, 5.74) is 5.27. The number of benzene rings is 2. The van der Waals surface area contributed by atoms with E-state index in [4.69, 9.17) is 28.6 Å². The number of nitrogens with zero attached hydrogens (tertiary/aromatic N) is 4. The summed E-state index contributed by atoms with van der Waals surface area (Å²) in [5.74, 6) is 0. The standard InChI is InChI=1S/C28H26ClN5OS/c29-20-5-3-6-23(19-20)33-14-4-8-25(33)27-26(24-7-1-2-13-30-24)31-28(36)34(27)22-11-9-21(10-12-22)32-15-17-35-18-16-32/h1-14,19,26-27H,15-18H2,(H,31,36). The first-order chi connectivity index (χ1) is 17.7. The SMILES string of the molecule is S=C1NC(c2ccccn2)C(c2cccn2-c2cccc(Cl)c2)N1c1ccc(N2CCOCC2)cc1. The van der Waals surface area contributed by atoms with Crippen LogP contribution in [0.15, 0.2) is 91.3 Å². The van der Waals surface area contributed by atoms with Crippen molar-refractivity contribution in [1.82, 2.24) is 14.9 Å². The molecule has 2 unspecified atom stereocenters. The third-order valence-electron chi connectivity index (χ3n) is 6.77. The number of ether oxygens (including phenoxy) is 1. The van der Waals surface area contributed by atoms with Gasteiger partial charge in [0.15, 0.2) is 5.11 Å². The van der Waals surface area contributed by atoms with Gasteiger partial charge in [-0.2, -0.15) is 0 Å². The van der Waals surface area contributed by atoms with Crippen molar-refractivity contribution in [3.05, 3.63) is 108 Å². The highest BCUT2D eigenvalue weighted by atomic mass is 35.5. The van der Waals surface area contributed by atoms with Gasteiger partial charge in [0.2, 0.25) is 0 Å². The van der Waals surface area contributed by atoms with Crippen LogP contribution in [0.1, 0.15) is 23.5 Å². The van der Waals surface area contributed by atoms with Crippen LogP contribution in [0.3, 0.4) is 0 Å². The van der Waals surface area contributed by atoms with Crippen LogP contribution in [0.4, 0.5) is 11.4 Å². The molecule has 0 amide bonds. The summed E-state index contributed by atoms with van der Waals surface area (Å²) in [4.78, 5) is 9.23. The number of morpholine rings is 1. The number of thiocarbonyl (C=S) groups is 1. The molecule has 1 N–H and O–H groups in total. The summed E-state index contributed by atoms with van der Waals surface area (Å²) < 4.78 is 7.69. The Morgan fingerprint density at radius 2 is 1.69 bits per heavy atom. The van der Waals surface area contributed by atoms with Gasteiger partial charge in [-0.3, -0.25) is 4.98 Å². The lowest BCUT2D eigenvalue weighted by Gasteiger charge is -2.31. The molecule has 2 aromatic carbocycles. The molecule has 6 nitrogen and oxygen atoms in total. The molecule has 6 rings (SSSR count). The maximum atomic E-state index is 6.35. The lowest BCUT2D eigenvalue weighted by atomic mass is 10.0. The zero-order chi connectivity index (χ0) is 24.5. The number of pyridine rings is 1. The van der Waals surface area contributed by atoms with Crippen LogP contribution in [-0.4, -0.2) is 41.0 Å². The summed E-state index contributed by atoms with van der Waals surface area (Å²) in [6.07, 6.45) is 3.89. The molecule has 0 bridgehead atoms. The first kappa shape index (κ1) is 23.0. The maximum Gasteiger partial charge on any atom is 0.174 e. The Kier molecular flexibility index (Phi) is 6.35. The Bertz CT molecular complexity index is 1350. The monoisotopic (exact) mass is 515 g/mol. The molecule has 8 heteroatoms. The molecule has 0 saturated carbocycles. The van der Waals surface area contributed by atoms with E-state index in [1.54, 1.807) is 0 Å². The minimum Gasteiger partial charge on any atom is -0.378 e. The summed E-state index contributed by atoms with van der Waals surface area (Å²) in [7, 11) is 0. The van der Waals surface area contributed by atoms with Gasteiger partial charge in [-0.15, -0.1) is 0 Å². The molecule has 2 aromatic heterocycles. The Morgan fingerprint density at radius 3 is 2.44 bits per heavy atom. The molecular weight excluding hydrogens is 490 g/mol. The smallest absolute Gasteiger partial charge is 0.174 e. The molecule has 4 heterocycles. The maximum absolute atomic E-state index is 6.35. The third kappa shape index (κ3) is 4.34. The van der Waals surface area contributed by atoms with E-state index in [1.165, 1.54) is 5.69 Å². The molecule has 2 atom stereocenters. The topological polar surface area (TPSA) is 45.6 Å². The van der Waals surface area contributed by atoms with Gasteiger partial charge in [-0.1, -0.05) is 23.7 Å². The fourth-order valence-electron chi connectivity index (χ4n) is 5.08. The van der Waals surface area contributed by atoms with Crippen molar-refractivity contribution in [2.75, 3.05) is 36.1 Å². The predicted molar refractivity (Wildman–Crippen MR) is 148 cm³/mol. The minimum atomic E-state index is -0.120. The van der Waals surface area contributed by atoms with E-state index >= 15 is 0 Å². The number of nitrogens with one attached hydrogen (secondary N) is 1. The third-order valence-corrected chi connectivity index (χ3v) is 7.32. The number of hydrogen-bond acceptors (Lipinski definition) is 4. The largest absolute Gasteiger partial charge is 0.378 e. The van der Waals surface area contributed by atoms with Gasteiger partial charge < -0.3 is 24.4 Å². The van der Waals surface area contributed by atoms with Crippen molar-refractivity contribution in [3.63, 3.8) is 0 Å². The van der Waals surface area contributed by atoms with E-state index in [9.17, 15) is 0 Å². The fourth-order valence-corrected chi connectivity index (χ4v) is 5.61. The molecule has 0 radical (unpaired) electrons. The van der Waals surface area contributed by atoms with E-state index in [0.717, 1.165) is 49.1 Å². The van der Waals surface area contributed by atoms with Crippen LogP contribution in [0.25, 0.3) is 5.69 Å². The van der Waals surface area contributed by atoms with E-state index in [2.05, 4.69) is 73.3 Å². The summed E-state index contributed by atoms with van der Waals surface area (Å²) >= 11 is 12.3. The molecule has 0 aliphatic carbocycles. The molecule has 2 aliphatic heterocycles. The van der Waals surface area contributed by atoms with Crippen LogP contribution < -0.4 is 15.1 Å². The molecule has 4 aromatic rings. The minimum absolute atomic E-state index is 0.115. The van der Waals surface area contributed by atoms with Crippen LogP contribution in [0.5, 0.6) is 0 Å². The molecular formula is C28H26ClN5OS. The van der Waals surface area contributed by atoms with E-state index in [1.807, 2.05) is 42.6 Å². The van der Waals surface area contributed by atoms with Crippen molar-refractivity contribution in [1.29, 1.82) is 0 Å². The highest BCUT2D eigenvalue weighted by molar-refractivity contribution is 7.80. The number of hydrogen-bond donors (Lipinski definition) is 1. The van der Waals surface area contributed by atoms with Crippen molar-refractivity contribution in [2.24, 2.45) is 0 Å². The fraction of sp³-hybridized carbons (Fsp3) is 0.214. The summed E-state index contributed by atoms with van der Waals surface area (Å²) in [6, 6.07) is 26.5. The van der Waals surface area contributed by atoms with Crippen molar-refractivity contribution < 1.29 is 4.74 Å². The number of rotatable bonds is 5. The van der Waals surface area contributed by atoms with Gasteiger partial charge in [0.25, 0.3) is 0 Å². The van der Waals surface area contributed by atoms with E-state index in [0.29, 0.717) is 10.1 Å². The second kappa shape index (κ2) is 9.93. The van der Waals surface area contributed by atoms with E-state index in [-0.39, 0.29) is 12.1 Å². The molecule has 2 saturated heterocycles. The highest BCUT2D eigenvalue weighted by Crippen LogP contribution is 2.42. The van der Waals surface area contributed by atoms with Crippen molar-refractivity contribution >= 4 is 40.3 Å². The lowest BCUT2D eigenvalue weighted by Crippen LogP contribution is -2.36. The Labute approximate surface area is 221 Å². The highest BCUT2D eigenvalue weighted by Gasteiger charge is 2.42. The van der Waals surface area contributed by atoms with Gasteiger partial charge in [0, 0.05) is 53.3 Å². The molecule has 0 spiro atoms. The molecule has 36 heavy (non-hydrogen) atoms. The Balaban J connectivity index is 1.42. The van der Waals surface area contributed by atoms with Gasteiger partial charge >= 0.3 is 0 Å². The van der Waals surface area contributed by atoms with Gasteiger partial charge in [0.05, 0.1) is 24.9 Å².